The summed E-state index contributed by atoms with van der Waals surface area (Å²) in [5, 5.41) is 0. The maximum absolute atomic E-state index is 13.1. The normalized spacial score (nSPS) is 11.3. The Morgan fingerprint density at radius 2 is 2.04 bits per heavy atom. The van der Waals surface area contributed by atoms with Gasteiger partial charge in [0.1, 0.15) is 11.6 Å². The summed E-state index contributed by atoms with van der Waals surface area (Å²) in [5.41, 5.74) is 6.85. The molecule has 1 heterocycles. The number of nitrogens with two attached hydrogens (primary N) is 1. The Kier molecular flexibility index (Phi) is 5.91. The van der Waals surface area contributed by atoms with Crippen molar-refractivity contribution in [1.82, 2.24) is 9.88 Å². The SMILES string of the molecule is CCN(CC)C(N)=NCc1ccc(Oc2cccc(F)c2)nc1. The van der Waals surface area contributed by atoms with Gasteiger partial charge >= 0.3 is 0 Å². The molecular weight excluding hydrogens is 295 g/mol. The van der Waals surface area contributed by atoms with Gasteiger partial charge in [0.15, 0.2) is 5.96 Å². The number of pyridine rings is 1. The molecule has 122 valence electrons. The summed E-state index contributed by atoms with van der Waals surface area (Å²) in [5.74, 6) is 0.990. The maximum Gasteiger partial charge on any atom is 0.219 e. The zero-order valence-electron chi connectivity index (χ0n) is 13.4. The molecule has 23 heavy (non-hydrogen) atoms. The smallest absolute Gasteiger partial charge is 0.219 e. The first-order valence-electron chi connectivity index (χ1n) is 7.55. The fourth-order valence-corrected chi connectivity index (χ4v) is 2.04. The van der Waals surface area contributed by atoms with Crippen LogP contribution in [0.5, 0.6) is 11.6 Å². The Balaban J connectivity index is 1.98. The maximum atomic E-state index is 13.1. The molecule has 2 aromatic rings. The number of guanidine groups is 1. The molecule has 1 aromatic carbocycles. The average molecular weight is 316 g/mol. The number of halogens is 1. The Morgan fingerprint density at radius 1 is 1.26 bits per heavy atom. The van der Waals surface area contributed by atoms with E-state index in [2.05, 4.69) is 9.98 Å². The van der Waals surface area contributed by atoms with Crippen molar-refractivity contribution >= 4 is 5.96 Å². The third-order valence-corrected chi connectivity index (χ3v) is 3.33. The van der Waals surface area contributed by atoms with E-state index in [9.17, 15) is 4.39 Å². The summed E-state index contributed by atoms with van der Waals surface area (Å²) >= 11 is 0. The molecule has 0 fully saturated rings. The number of nitrogens with zero attached hydrogens (tertiary/aromatic N) is 3. The van der Waals surface area contributed by atoms with Gasteiger partial charge in [-0.15, -0.1) is 0 Å². The van der Waals surface area contributed by atoms with Crippen molar-refractivity contribution < 1.29 is 9.13 Å². The molecule has 0 aliphatic rings. The van der Waals surface area contributed by atoms with Crippen molar-refractivity contribution in [3.63, 3.8) is 0 Å². The highest BCUT2D eigenvalue weighted by atomic mass is 19.1. The van der Waals surface area contributed by atoms with Gasteiger partial charge in [0.05, 0.1) is 6.54 Å². The molecule has 0 radical (unpaired) electrons. The molecular formula is C17H21FN4O. The van der Waals surface area contributed by atoms with Crippen molar-refractivity contribution in [3.8, 4) is 11.6 Å². The van der Waals surface area contributed by atoms with E-state index in [0.717, 1.165) is 18.7 Å². The van der Waals surface area contributed by atoms with Gasteiger partial charge < -0.3 is 15.4 Å². The van der Waals surface area contributed by atoms with E-state index in [4.69, 9.17) is 10.5 Å². The zero-order chi connectivity index (χ0) is 16.7. The first kappa shape index (κ1) is 16.7. The van der Waals surface area contributed by atoms with E-state index in [1.54, 1.807) is 24.4 Å². The van der Waals surface area contributed by atoms with Gasteiger partial charge in [-0.2, -0.15) is 0 Å². The minimum Gasteiger partial charge on any atom is -0.439 e. The number of rotatable bonds is 6. The predicted octanol–water partition coefficient (Wildman–Crippen LogP) is 3.17. The standard InChI is InChI=1S/C17H21FN4O/c1-3-22(4-2)17(19)21-12-13-8-9-16(20-11-13)23-15-7-5-6-14(18)10-15/h5-11H,3-4,12H2,1-2H3,(H2,19,21). The number of aromatic nitrogens is 1. The van der Waals surface area contributed by atoms with Gasteiger partial charge in [0, 0.05) is 31.4 Å². The van der Waals surface area contributed by atoms with Crippen LogP contribution in [0.15, 0.2) is 47.6 Å². The van der Waals surface area contributed by atoms with Crippen molar-refractivity contribution in [2.75, 3.05) is 13.1 Å². The third kappa shape index (κ3) is 4.95. The lowest BCUT2D eigenvalue weighted by molar-refractivity contribution is 0.456. The van der Waals surface area contributed by atoms with Crippen molar-refractivity contribution in [3.05, 3.63) is 54.0 Å². The number of benzene rings is 1. The molecule has 0 unspecified atom stereocenters. The number of ether oxygens (including phenoxy) is 1. The summed E-state index contributed by atoms with van der Waals surface area (Å²) in [6, 6.07) is 9.52. The van der Waals surface area contributed by atoms with Crippen molar-refractivity contribution in [2.24, 2.45) is 10.7 Å². The largest absolute Gasteiger partial charge is 0.439 e. The molecule has 0 saturated carbocycles. The van der Waals surface area contributed by atoms with Crippen LogP contribution in [0.2, 0.25) is 0 Å². The Hall–Kier alpha value is -2.63. The van der Waals surface area contributed by atoms with E-state index >= 15 is 0 Å². The van der Waals surface area contributed by atoms with Gasteiger partial charge in [-0.3, -0.25) is 0 Å². The molecule has 5 nitrogen and oxygen atoms in total. The van der Waals surface area contributed by atoms with Crippen molar-refractivity contribution in [1.29, 1.82) is 0 Å². The van der Waals surface area contributed by atoms with E-state index < -0.39 is 0 Å². The van der Waals surface area contributed by atoms with Gasteiger partial charge in [0.2, 0.25) is 5.88 Å². The quantitative estimate of drug-likeness (QED) is 0.657. The number of aliphatic imine (C=N–C) groups is 1. The van der Waals surface area contributed by atoms with Crippen LogP contribution in [0.3, 0.4) is 0 Å². The second kappa shape index (κ2) is 8.12. The van der Waals surface area contributed by atoms with Crippen molar-refractivity contribution in [2.45, 2.75) is 20.4 Å². The van der Waals surface area contributed by atoms with E-state index in [0.29, 0.717) is 24.1 Å². The summed E-state index contributed by atoms with van der Waals surface area (Å²) < 4.78 is 18.6. The minimum absolute atomic E-state index is 0.347. The fraction of sp³-hybridized carbons (Fsp3) is 0.294. The summed E-state index contributed by atoms with van der Waals surface area (Å²) in [4.78, 5) is 10.5. The topological polar surface area (TPSA) is 63.7 Å². The molecule has 2 rings (SSSR count). The van der Waals surface area contributed by atoms with E-state index in [-0.39, 0.29) is 5.82 Å². The monoisotopic (exact) mass is 316 g/mol. The lowest BCUT2D eigenvalue weighted by Gasteiger charge is -2.19. The van der Waals surface area contributed by atoms with Gasteiger partial charge in [-0.1, -0.05) is 12.1 Å². The average Bonchev–Trinajstić information content (AvgIpc) is 2.55. The Labute approximate surface area is 135 Å². The number of hydrogen-bond donors (Lipinski definition) is 1. The highest BCUT2D eigenvalue weighted by molar-refractivity contribution is 5.77. The van der Waals surface area contributed by atoms with E-state index in [1.165, 1.54) is 12.1 Å². The Bertz CT molecular complexity index is 654. The molecule has 0 spiro atoms. The Morgan fingerprint density at radius 3 is 2.65 bits per heavy atom. The van der Waals surface area contributed by atoms with Crippen LogP contribution in [-0.2, 0) is 6.54 Å². The molecule has 0 amide bonds. The molecule has 0 aliphatic heterocycles. The number of hydrogen-bond acceptors (Lipinski definition) is 3. The molecule has 6 heteroatoms. The first-order valence-corrected chi connectivity index (χ1v) is 7.55. The van der Waals surface area contributed by atoms with Crippen LogP contribution in [-0.4, -0.2) is 28.9 Å². The molecule has 0 aliphatic carbocycles. The predicted molar refractivity (Wildman–Crippen MR) is 89.0 cm³/mol. The van der Waals surface area contributed by atoms with Crippen LogP contribution < -0.4 is 10.5 Å². The highest BCUT2D eigenvalue weighted by Crippen LogP contribution is 2.20. The van der Waals surface area contributed by atoms with Crippen LogP contribution in [0, 0.1) is 5.82 Å². The lowest BCUT2D eigenvalue weighted by Crippen LogP contribution is -2.37. The molecule has 1 aromatic heterocycles. The molecule has 0 saturated heterocycles. The zero-order valence-corrected chi connectivity index (χ0v) is 13.4. The highest BCUT2D eigenvalue weighted by Gasteiger charge is 2.03. The van der Waals surface area contributed by atoms with Gasteiger partial charge in [-0.25, -0.2) is 14.4 Å². The molecule has 0 bridgehead atoms. The summed E-state index contributed by atoms with van der Waals surface area (Å²) in [6.45, 7) is 6.17. The van der Waals surface area contributed by atoms with E-state index in [1.807, 2.05) is 24.8 Å². The van der Waals surface area contributed by atoms with Crippen LogP contribution in [0.25, 0.3) is 0 Å². The van der Waals surface area contributed by atoms with Crippen LogP contribution >= 0.6 is 0 Å². The summed E-state index contributed by atoms with van der Waals surface area (Å²) in [7, 11) is 0. The summed E-state index contributed by atoms with van der Waals surface area (Å²) in [6.07, 6.45) is 1.67. The van der Waals surface area contributed by atoms with Gasteiger partial charge in [0.25, 0.3) is 0 Å². The molecule has 0 atom stereocenters. The van der Waals surface area contributed by atoms with Crippen LogP contribution in [0.4, 0.5) is 4.39 Å². The second-order valence-corrected chi connectivity index (χ2v) is 4.91. The second-order valence-electron chi connectivity index (χ2n) is 4.91. The van der Waals surface area contributed by atoms with Crippen LogP contribution in [0.1, 0.15) is 19.4 Å². The lowest BCUT2D eigenvalue weighted by atomic mass is 10.3. The third-order valence-electron chi connectivity index (χ3n) is 3.33. The molecule has 2 N–H and O–H groups in total. The van der Waals surface area contributed by atoms with Gasteiger partial charge in [-0.05, 0) is 31.5 Å². The first-order chi connectivity index (χ1) is 11.1. The minimum atomic E-state index is -0.347. The fourth-order valence-electron chi connectivity index (χ4n) is 2.04.